The van der Waals surface area contributed by atoms with Crippen molar-refractivity contribution >= 4 is 34.2 Å². The number of nitrogens with one attached hydrogen (secondary N) is 1. The molecule has 14 heavy (non-hydrogen) atoms. The minimum absolute atomic E-state index is 0.376. The van der Waals surface area contributed by atoms with E-state index in [4.69, 9.17) is 11.6 Å². The maximum atomic E-state index is 5.96. The second-order valence-electron chi connectivity index (χ2n) is 3.34. The highest BCUT2D eigenvalue weighted by atomic mass is 127. The number of rotatable bonds is 4. The predicted molar refractivity (Wildman–Crippen MR) is 70.9 cm³/mol. The van der Waals surface area contributed by atoms with Gasteiger partial charge in [-0.1, -0.05) is 18.5 Å². The van der Waals surface area contributed by atoms with Crippen LogP contribution in [0.4, 0.5) is 0 Å². The Balaban J connectivity index is 2.77. The second-order valence-corrected chi connectivity index (χ2v) is 4.94. The molecule has 0 spiro atoms. The number of benzene rings is 1. The van der Waals surface area contributed by atoms with E-state index in [1.807, 2.05) is 12.1 Å². The molecule has 0 saturated carbocycles. The first-order chi connectivity index (χ1) is 6.65. The molecule has 0 bridgehead atoms. The summed E-state index contributed by atoms with van der Waals surface area (Å²) in [5, 5.41) is 4.26. The van der Waals surface area contributed by atoms with E-state index in [0.29, 0.717) is 6.04 Å². The van der Waals surface area contributed by atoms with Crippen molar-refractivity contribution in [1.29, 1.82) is 0 Å². The molecule has 0 aliphatic carbocycles. The molecule has 78 valence electrons. The summed E-state index contributed by atoms with van der Waals surface area (Å²) in [6.07, 6.45) is 1.15. The quantitative estimate of drug-likeness (QED) is 0.826. The summed E-state index contributed by atoms with van der Waals surface area (Å²) in [7, 11) is 0. The lowest BCUT2D eigenvalue weighted by Gasteiger charge is -2.15. The van der Waals surface area contributed by atoms with Crippen LogP contribution >= 0.6 is 34.2 Å². The molecule has 0 heterocycles. The zero-order valence-corrected chi connectivity index (χ0v) is 11.4. The first-order valence-corrected chi connectivity index (χ1v) is 6.29. The number of halogens is 2. The lowest BCUT2D eigenvalue weighted by Crippen LogP contribution is -2.20. The van der Waals surface area contributed by atoms with Gasteiger partial charge in [0.25, 0.3) is 0 Å². The molecule has 0 amide bonds. The van der Waals surface area contributed by atoms with Crippen LogP contribution < -0.4 is 5.32 Å². The number of hydrogen-bond donors (Lipinski definition) is 1. The van der Waals surface area contributed by atoms with Crippen LogP contribution in [0.3, 0.4) is 0 Å². The number of hydrogen-bond acceptors (Lipinski definition) is 1. The van der Waals surface area contributed by atoms with Crippen molar-refractivity contribution in [3.8, 4) is 0 Å². The molecule has 1 aromatic carbocycles. The van der Waals surface area contributed by atoms with Gasteiger partial charge in [-0.15, -0.1) is 0 Å². The summed E-state index contributed by atoms with van der Waals surface area (Å²) in [5.41, 5.74) is 1.28. The lowest BCUT2D eigenvalue weighted by atomic mass is 10.1. The molecule has 0 aromatic heterocycles. The molecule has 0 aliphatic heterocycles. The average molecular weight is 324 g/mol. The summed E-state index contributed by atoms with van der Waals surface area (Å²) in [6, 6.07) is 6.40. The molecule has 1 unspecified atom stereocenters. The predicted octanol–water partition coefficient (Wildman–Crippen LogP) is 4.01. The molecule has 0 aliphatic rings. The minimum Gasteiger partial charge on any atom is -0.310 e. The van der Waals surface area contributed by atoms with Gasteiger partial charge in [0.2, 0.25) is 0 Å². The standard InChI is InChI=1S/C11H15ClIN/c1-3-6-14-8(2)10-7-9(12)4-5-11(10)13/h4-5,7-8,14H,3,6H2,1-2H3. The van der Waals surface area contributed by atoms with Crippen molar-refractivity contribution in [3.63, 3.8) is 0 Å². The Bertz CT molecular complexity index is 301. The Labute approximate surface area is 104 Å². The first kappa shape index (κ1) is 12.3. The third-order valence-electron chi connectivity index (χ3n) is 2.13. The normalized spacial score (nSPS) is 12.9. The topological polar surface area (TPSA) is 12.0 Å². The van der Waals surface area contributed by atoms with Crippen molar-refractivity contribution in [2.45, 2.75) is 26.3 Å². The molecule has 0 fully saturated rings. The van der Waals surface area contributed by atoms with Crippen LogP contribution in [-0.2, 0) is 0 Å². The maximum absolute atomic E-state index is 5.96. The van der Waals surface area contributed by atoms with Gasteiger partial charge < -0.3 is 5.32 Å². The highest BCUT2D eigenvalue weighted by Gasteiger charge is 2.08. The monoisotopic (exact) mass is 323 g/mol. The fourth-order valence-corrected chi connectivity index (χ4v) is 2.30. The maximum Gasteiger partial charge on any atom is 0.0410 e. The van der Waals surface area contributed by atoms with E-state index in [1.165, 1.54) is 9.13 Å². The molecule has 1 aromatic rings. The Hall–Kier alpha value is 0.200. The summed E-state index contributed by atoms with van der Waals surface area (Å²) in [5.74, 6) is 0. The summed E-state index contributed by atoms with van der Waals surface area (Å²) >= 11 is 8.31. The highest BCUT2D eigenvalue weighted by molar-refractivity contribution is 14.1. The summed E-state index contributed by atoms with van der Waals surface area (Å²) < 4.78 is 1.27. The van der Waals surface area contributed by atoms with Crippen LogP contribution in [0.1, 0.15) is 31.9 Å². The smallest absolute Gasteiger partial charge is 0.0410 e. The Morgan fingerprint density at radius 3 is 2.86 bits per heavy atom. The van der Waals surface area contributed by atoms with E-state index in [0.717, 1.165) is 18.0 Å². The van der Waals surface area contributed by atoms with Gasteiger partial charge in [-0.05, 0) is 66.2 Å². The van der Waals surface area contributed by atoms with Gasteiger partial charge in [0.1, 0.15) is 0 Å². The van der Waals surface area contributed by atoms with E-state index in [9.17, 15) is 0 Å². The average Bonchev–Trinajstić information content (AvgIpc) is 2.18. The Morgan fingerprint density at radius 1 is 1.50 bits per heavy atom. The minimum atomic E-state index is 0.376. The molecule has 0 radical (unpaired) electrons. The van der Waals surface area contributed by atoms with Crippen molar-refractivity contribution in [1.82, 2.24) is 5.32 Å². The molecule has 0 saturated heterocycles. The zero-order chi connectivity index (χ0) is 10.6. The Kier molecular flexibility index (Phi) is 5.20. The fraction of sp³-hybridized carbons (Fsp3) is 0.455. The lowest BCUT2D eigenvalue weighted by molar-refractivity contribution is 0.569. The van der Waals surface area contributed by atoms with Crippen LogP contribution in [0.15, 0.2) is 18.2 Å². The van der Waals surface area contributed by atoms with Crippen LogP contribution in [0.2, 0.25) is 5.02 Å². The van der Waals surface area contributed by atoms with Crippen LogP contribution in [-0.4, -0.2) is 6.54 Å². The van der Waals surface area contributed by atoms with Gasteiger partial charge in [-0.2, -0.15) is 0 Å². The van der Waals surface area contributed by atoms with Gasteiger partial charge in [-0.3, -0.25) is 0 Å². The highest BCUT2D eigenvalue weighted by Crippen LogP contribution is 2.23. The third kappa shape index (κ3) is 3.41. The van der Waals surface area contributed by atoms with Gasteiger partial charge in [0.15, 0.2) is 0 Å². The molecular formula is C11H15ClIN. The van der Waals surface area contributed by atoms with Crippen LogP contribution in [0.5, 0.6) is 0 Å². The van der Waals surface area contributed by atoms with Gasteiger partial charge >= 0.3 is 0 Å². The summed E-state index contributed by atoms with van der Waals surface area (Å²) in [4.78, 5) is 0. The van der Waals surface area contributed by atoms with E-state index in [1.54, 1.807) is 0 Å². The largest absolute Gasteiger partial charge is 0.310 e. The van der Waals surface area contributed by atoms with Gasteiger partial charge in [0, 0.05) is 14.6 Å². The Morgan fingerprint density at radius 2 is 2.21 bits per heavy atom. The SMILES string of the molecule is CCCNC(C)c1cc(Cl)ccc1I. The van der Waals surface area contributed by atoms with E-state index in [2.05, 4.69) is 47.8 Å². The van der Waals surface area contributed by atoms with Crippen molar-refractivity contribution in [2.75, 3.05) is 6.54 Å². The van der Waals surface area contributed by atoms with Crippen molar-refractivity contribution < 1.29 is 0 Å². The van der Waals surface area contributed by atoms with Gasteiger partial charge in [-0.25, -0.2) is 0 Å². The van der Waals surface area contributed by atoms with E-state index >= 15 is 0 Å². The second kappa shape index (κ2) is 5.93. The third-order valence-corrected chi connectivity index (χ3v) is 3.34. The molecule has 1 nitrogen and oxygen atoms in total. The summed E-state index contributed by atoms with van der Waals surface area (Å²) in [6.45, 7) is 5.38. The van der Waals surface area contributed by atoms with E-state index in [-0.39, 0.29) is 0 Å². The molecule has 1 rings (SSSR count). The zero-order valence-electron chi connectivity index (χ0n) is 8.48. The molecule has 1 N–H and O–H groups in total. The van der Waals surface area contributed by atoms with Crippen LogP contribution in [0.25, 0.3) is 0 Å². The molecule has 3 heteroatoms. The molecule has 1 atom stereocenters. The van der Waals surface area contributed by atoms with E-state index < -0.39 is 0 Å². The fourth-order valence-electron chi connectivity index (χ4n) is 1.32. The first-order valence-electron chi connectivity index (χ1n) is 4.83. The van der Waals surface area contributed by atoms with Crippen LogP contribution in [0, 0.1) is 3.57 Å². The van der Waals surface area contributed by atoms with Crippen molar-refractivity contribution in [2.24, 2.45) is 0 Å². The molecular weight excluding hydrogens is 308 g/mol. The van der Waals surface area contributed by atoms with Crippen molar-refractivity contribution in [3.05, 3.63) is 32.4 Å². The van der Waals surface area contributed by atoms with Gasteiger partial charge in [0.05, 0.1) is 0 Å².